The van der Waals surface area contributed by atoms with Crippen LogP contribution in [0.15, 0.2) is 24.3 Å². The molecule has 0 unspecified atom stereocenters. The van der Waals surface area contributed by atoms with E-state index in [0.717, 1.165) is 5.56 Å². The van der Waals surface area contributed by atoms with E-state index in [9.17, 15) is 9.50 Å². The molecule has 0 saturated carbocycles. The fraction of sp³-hybridized carbons (Fsp3) is 0.250. The lowest BCUT2D eigenvalue weighted by molar-refractivity contribution is 0.205. The van der Waals surface area contributed by atoms with Crippen LogP contribution >= 0.6 is 15.9 Å². The van der Waals surface area contributed by atoms with Crippen LogP contribution in [0.25, 0.3) is 0 Å². The quantitative estimate of drug-likeness (QED) is 0.756. The maximum absolute atomic E-state index is 12.4. The van der Waals surface area contributed by atoms with Gasteiger partial charge in [0.1, 0.15) is 5.82 Å². The minimum atomic E-state index is -0.546. The molecule has 1 aromatic carbocycles. The van der Waals surface area contributed by atoms with E-state index >= 15 is 0 Å². The average Bonchev–Trinajstić information content (AvgIpc) is 2.05. The Morgan fingerprint density at radius 3 is 2.36 bits per heavy atom. The van der Waals surface area contributed by atoms with Crippen LogP contribution < -0.4 is 0 Å². The number of aliphatic hydroxyl groups excluding tert-OH is 1. The molecule has 0 aliphatic rings. The minimum absolute atomic E-state index is 0.282. The highest BCUT2D eigenvalue weighted by Gasteiger charge is 2.03. The number of benzene rings is 1. The fourth-order valence-corrected chi connectivity index (χ4v) is 1.15. The molecular weight excluding hydrogens is 211 g/mol. The molecule has 1 aromatic rings. The van der Waals surface area contributed by atoms with Crippen LogP contribution in [0, 0.1) is 5.82 Å². The maximum Gasteiger partial charge on any atom is 0.123 e. The van der Waals surface area contributed by atoms with Gasteiger partial charge in [-0.3, -0.25) is 0 Å². The second-order valence-electron chi connectivity index (χ2n) is 2.22. The first-order chi connectivity index (χ1) is 5.24. The highest BCUT2D eigenvalue weighted by Crippen LogP contribution is 2.14. The van der Waals surface area contributed by atoms with Crippen LogP contribution in [0.5, 0.6) is 0 Å². The van der Waals surface area contributed by atoms with Crippen LogP contribution in [0.1, 0.15) is 11.7 Å². The number of rotatable bonds is 2. The standard InChI is InChI=1S/C8H8BrFO/c9-5-8(11)6-1-3-7(10)4-2-6/h1-4,8,11H,5H2/t8-/m1/s1. The number of hydrogen-bond acceptors (Lipinski definition) is 1. The van der Waals surface area contributed by atoms with Gasteiger partial charge in [-0.1, -0.05) is 28.1 Å². The van der Waals surface area contributed by atoms with Gasteiger partial charge in [-0.2, -0.15) is 0 Å². The van der Waals surface area contributed by atoms with E-state index in [1.165, 1.54) is 12.1 Å². The summed E-state index contributed by atoms with van der Waals surface area (Å²) < 4.78 is 12.4. The van der Waals surface area contributed by atoms with E-state index in [-0.39, 0.29) is 5.82 Å². The van der Waals surface area contributed by atoms with Crippen molar-refractivity contribution in [1.82, 2.24) is 0 Å². The highest BCUT2D eigenvalue weighted by atomic mass is 79.9. The van der Waals surface area contributed by atoms with Gasteiger partial charge in [0.25, 0.3) is 0 Å². The molecule has 1 rings (SSSR count). The topological polar surface area (TPSA) is 20.2 Å². The van der Waals surface area contributed by atoms with E-state index < -0.39 is 6.10 Å². The third-order valence-electron chi connectivity index (χ3n) is 1.40. The molecule has 0 bridgehead atoms. The number of halogens is 2. The molecule has 0 spiro atoms. The van der Waals surface area contributed by atoms with Gasteiger partial charge in [-0.15, -0.1) is 0 Å². The van der Waals surface area contributed by atoms with E-state index in [0.29, 0.717) is 5.33 Å². The van der Waals surface area contributed by atoms with Crippen LogP contribution in [-0.4, -0.2) is 10.4 Å². The van der Waals surface area contributed by atoms with E-state index in [1.807, 2.05) is 0 Å². The first-order valence-electron chi connectivity index (χ1n) is 3.23. The molecule has 0 fully saturated rings. The molecule has 11 heavy (non-hydrogen) atoms. The van der Waals surface area contributed by atoms with Crippen LogP contribution in [0.4, 0.5) is 4.39 Å². The zero-order valence-corrected chi connectivity index (χ0v) is 7.38. The molecule has 0 radical (unpaired) electrons. The summed E-state index contributed by atoms with van der Waals surface area (Å²) >= 11 is 3.13. The van der Waals surface area contributed by atoms with Gasteiger partial charge in [0.05, 0.1) is 6.10 Å². The maximum atomic E-state index is 12.4. The third-order valence-corrected chi connectivity index (χ3v) is 2.01. The first-order valence-corrected chi connectivity index (χ1v) is 4.35. The number of aliphatic hydroxyl groups is 1. The predicted molar refractivity (Wildman–Crippen MR) is 45.2 cm³/mol. The molecule has 1 N–H and O–H groups in total. The van der Waals surface area contributed by atoms with Crippen molar-refractivity contribution in [2.45, 2.75) is 6.10 Å². The summed E-state index contributed by atoms with van der Waals surface area (Å²) in [4.78, 5) is 0. The van der Waals surface area contributed by atoms with Crippen molar-refractivity contribution in [1.29, 1.82) is 0 Å². The van der Waals surface area contributed by atoms with Crippen molar-refractivity contribution in [3.8, 4) is 0 Å². The summed E-state index contributed by atoms with van der Waals surface area (Å²) in [6, 6.07) is 5.81. The Morgan fingerprint density at radius 2 is 1.91 bits per heavy atom. The van der Waals surface area contributed by atoms with E-state index in [1.54, 1.807) is 12.1 Å². The number of hydrogen-bond donors (Lipinski definition) is 1. The zero-order chi connectivity index (χ0) is 8.27. The average molecular weight is 219 g/mol. The normalized spacial score (nSPS) is 13.0. The summed E-state index contributed by atoms with van der Waals surface area (Å²) in [5.74, 6) is -0.282. The van der Waals surface area contributed by atoms with Crippen LogP contribution in [-0.2, 0) is 0 Å². The largest absolute Gasteiger partial charge is 0.388 e. The van der Waals surface area contributed by atoms with Crippen molar-refractivity contribution >= 4 is 15.9 Å². The van der Waals surface area contributed by atoms with Gasteiger partial charge >= 0.3 is 0 Å². The molecule has 0 saturated heterocycles. The van der Waals surface area contributed by atoms with Gasteiger partial charge in [-0.25, -0.2) is 4.39 Å². The van der Waals surface area contributed by atoms with Gasteiger partial charge in [0.2, 0.25) is 0 Å². The Bertz CT molecular complexity index is 222. The second kappa shape index (κ2) is 3.83. The predicted octanol–water partition coefficient (Wildman–Crippen LogP) is 2.25. The molecule has 0 heterocycles. The second-order valence-corrected chi connectivity index (χ2v) is 2.87. The smallest absolute Gasteiger partial charge is 0.123 e. The highest BCUT2D eigenvalue weighted by molar-refractivity contribution is 9.09. The van der Waals surface area contributed by atoms with Crippen molar-refractivity contribution < 1.29 is 9.50 Å². The third kappa shape index (κ3) is 2.27. The van der Waals surface area contributed by atoms with Gasteiger partial charge < -0.3 is 5.11 Å². The lowest BCUT2D eigenvalue weighted by atomic mass is 10.1. The lowest BCUT2D eigenvalue weighted by Gasteiger charge is -2.05. The summed E-state index contributed by atoms with van der Waals surface area (Å²) in [6.07, 6.45) is -0.546. The summed E-state index contributed by atoms with van der Waals surface area (Å²) in [6.45, 7) is 0. The fourth-order valence-electron chi connectivity index (χ4n) is 0.774. The van der Waals surface area contributed by atoms with Crippen molar-refractivity contribution in [2.75, 3.05) is 5.33 Å². The Morgan fingerprint density at radius 1 is 1.36 bits per heavy atom. The summed E-state index contributed by atoms with van der Waals surface area (Å²) in [7, 11) is 0. The molecular formula is C8H8BrFO. The Balaban J connectivity index is 2.81. The minimum Gasteiger partial charge on any atom is -0.388 e. The van der Waals surface area contributed by atoms with E-state index in [2.05, 4.69) is 15.9 Å². The summed E-state index contributed by atoms with van der Waals surface area (Å²) in [5.41, 5.74) is 0.725. The van der Waals surface area contributed by atoms with Crippen LogP contribution in [0.3, 0.4) is 0 Å². The molecule has 60 valence electrons. The molecule has 0 aliphatic heterocycles. The van der Waals surface area contributed by atoms with Crippen molar-refractivity contribution in [3.05, 3.63) is 35.6 Å². The monoisotopic (exact) mass is 218 g/mol. The van der Waals surface area contributed by atoms with E-state index in [4.69, 9.17) is 0 Å². The lowest BCUT2D eigenvalue weighted by Crippen LogP contribution is -1.97. The molecule has 0 aliphatic carbocycles. The molecule has 1 atom stereocenters. The number of alkyl halides is 1. The van der Waals surface area contributed by atoms with Gasteiger partial charge in [0.15, 0.2) is 0 Å². The first kappa shape index (κ1) is 8.68. The Hall–Kier alpha value is -0.410. The zero-order valence-electron chi connectivity index (χ0n) is 5.80. The van der Waals surface area contributed by atoms with Gasteiger partial charge in [-0.05, 0) is 17.7 Å². The molecule has 0 amide bonds. The molecule has 0 aromatic heterocycles. The SMILES string of the molecule is O[C@H](CBr)c1ccc(F)cc1. The van der Waals surface area contributed by atoms with Crippen LogP contribution in [0.2, 0.25) is 0 Å². The Labute approximate surface area is 73.0 Å². The Kier molecular flexibility index (Phi) is 3.02. The molecule has 1 nitrogen and oxygen atoms in total. The van der Waals surface area contributed by atoms with Crippen molar-refractivity contribution in [3.63, 3.8) is 0 Å². The van der Waals surface area contributed by atoms with Crippen molar-refractivity contribution in [2.24, 2.45) is 0 Å². The summed E-state index contributed by atoms with van der Waals surface area (Å²) in [5, 5.41) is 9.72. The molecule has 3 heteroatoms. The van der Waals surface area contributed by atoms with Gasteiger partial charge in [0, 0.05) is 5.33 Å².